The van der Waals surface area contributed by atoms with Gasteiger partial charge in [0, 0.05) is 18.3 Å². The standard InChI is InChI=1S/C25H23N7O3S/c1-17(33)27-19-8-6-9-20(14-19)28-23(34)16-36-25-29-24(31-32-25)30-26-15-18-7-5-12-22(13-18)35-21-10-3-2-4-11-21/h2-15H,16H2,1H3,(H,27,33)(H,28,34)(H2,29,30,31,32)/b26-15-. The maximum atomic E-state index is 12.3. The van der Waals surface area contributed by atoms with Gasteiger partial charge in [-0.25, -0.2) is 10.5 Å². The second-order valence-corrected chi connectivity index (χ2v) is 8.37. The molecule has 0 saturated heterocycles. The van der Waals surface area contributed by atoms with Crippen molar-refractivity contribution in [1.29, 1.82) is 0 Å². The number of anilines is 3. The van der Waals surface area contributed by atoms with Crippen molar-refractivity contribution in [2.75, 3.05) is 21.8 Å². The van der Waals surface area contributed by atoms with E-state index in [2.05, 4.69) is 36.3 Å². The van der Waals surface area contributed by atoms with Gasteiger partial charge in [0.25, 0.3) is 0 Å². The lowest BCUT2D eigenvalue weighted by Crippen LogP contribution is -2.14. The van der Waals surface area contributed by atoms with E-state index < -0.39 is 0 Å². The zero-order valence-electron chi connectivity index (χ0n) is 19.3. The first-order valence-electron chi connectivity index (χ1n) is 10.9. The Kier molecular flexibility index (Phi) is 8.28. The first kappa shape index (κ1) is 24.5. The zero-order chi connectivity index (χ0) is 25.2. The Morgan fingerprint density at radius 2 is 1.72 bits per heavy atom. The van der Waals surface area contributed by atoms with Gasteiger partial charge in [-0.15, -0.1) is 5.10 Å². The second-order valence-electron chi connectivity index (χ2n) is 7.42. The highest BCUT2D eigenvalue weighted by atomic mass is 32.2. The summed E-state index contributed by atoms with van der Waals surface area (Å²) in [4.78, 5) is 27.7. The van der Waals surface area contributed by atoms with Crippen LogP contribution in [0.5, 0.6) is 11.5 Å². The minimum Gasteiger partial charge on any atom is -0.457 e. The summed E-state index contributed by atoms with van der Waals surface area (Å²) in [6.45, 7) is 1.42. The largest absolute Gasteiger partial charge is 0.457 e. The molecule has 0 atom stereocenters. The van der Waals surface area contributed by atoms with Crippen molar-refractivity contribution in [3.63, 3.8) is 0 Å². The molecule has 1 heterocycles. The summed E-state index contributed by atoms with van der Waals surface area (Å²) in [5, 5.41) is 16.8. The minimum atomic E-state index is -0.227. The molecular weight excluding hydrogens is 478 g/mol. The summed E-state index contributed by atoms with van der Waals surface area (Å²) < 4.78 is 5.83. The molecule has 10 nitrogen and oxygen atoms in total. The van der Waals surface area contributed by atoms with Crippen molar-refractivity contribution in [2.45, 2.75) is 12.1 Å². The van der Waals surface area contributed by atoms with Crippen LogP contribution in [0.25, 0.3) is 0 Å². The summed E-state index contributed by atoms with van der Waals surface area (Å²) in [6.07, 6.45) is 1.63. The molecule has 0 unspecified atom stereocenters. The maximum absolute atomic E-state index is 12.3. The van der Waals surface area contributed by atoms with Gasteiger partial charge in [0.1, 0.15) is 11.5 Å². The number of ether oxygens (including phenoxy) is 1. The molecule has 4 rings (SSSR count). The number of hydrogen-bond donors (Lipinski definition) is 4. The third-order valence-electron chi connectivity index (χ3n) is 4.49. The Morgan fingerprint density at radius 1 is 0.972 bits per heavy atom. The third kappa shape index (κ3) is 7.71. The smallest absolute Gasteiger partial charge is 0.240 e. The van der Waals surface area contributed by atoms with E-state index >= 15 is 0 Å². The summed E-state index contributed by atoms with van der Waals surface area (Å²) in [5.41, 5.74) is 4.81. The zero-order valence-corrected chi connectivity index (χ0v) is 20.1. The number of aromatic amines is 1. The van der Waals surface area contributed by atoms with Crippen molar-refractivity contribution in [1.82, 2.24) is 15.2 Å². The van der Waals surface area contributed by atoms with E-state index in [1.54, 1.807) is 30.5 Å². The predicted octanol–water partition coefficient (Wildman–Crippen LogP) is 4.73. The fourth-order valence-electron chi connectivity index (χ4n) is 3.02. The highest BCUT2D eigenvalue weighted by Crippen LogP contribution is 2.21. The number of amides is 2. The van der Waals surface area contributed by atoms with E-state index in [4.69, 9.17) is 4.74 Å². The summed E-state index contributed by atoms with van der Waals surface area (Å²) in [6, 6.07) is 23.9. The predicted molar refractivity (Wildman–Crippen MR) is 141 cm³/mol. The summed E-state index contributed by atoms with van der Waals surface area (Å²) >= 11 is 1.17. The van der Waals surface area contributed by atoms with Crippen molar-refractivity contribution < 1.29 is 14.3 Å². The maximum Gasteiger partial charge on any atom is 0.240 e. The van der Waals surface area contributed by atoms with Crippen LogP contribution in [-0.2, 0) is 9.59 Å². The van der Waals surface area contributed by atoms with Gasteiger partial charge in [0.05, 0.1) is 12.0 Å². The number of carbonyl (C=O) groups is 2. The van der Waals surface area contributed by atoms with Crippen LogP contribution in [0.4, 0.5) is 17.3 Å². The van der Waals surface area contributed by atoms with Crippen LogP contribution >= 0.6 is 11.8 Å². The molecule has 1 aromatic heterocycles. The number of benzene rings is 3. The Bertz CT molecular complexity index is 1360. The second kappa shape index (κ2) is 12.2. The Morgan fingerprint density at radius 3 is 2.53 bits per heavy atom. The number of hydrazone groups is 1. The topological polar surface area (TPSA) is 133 Å². The molecule has 3 aromatic carbocycles. The lowest BCUT2D eigenvalue weighted by molar-refractivity contribution is -0.114. The number of rotatable bonds is 10. The van der Waals surface area contributed by atoms with E-state index in [0.29, 0.717) is 28.2 Å². The Balaban J connectivity index is 1.24. The monoisotopic (exact) mass is 501 g/mol. The number of hydrogen-bond acceptors (Lipinski definition) is 8. The van der Waals surface area contributed by atoms with Gasteiger partial charge in [-0.3, -0.25) is 9.59 Å². The van der Waals surface area contributed by atoms with Crippen LogP contribution in [0.15, 0.2) is 89.1 Å². The minimum absolute atomic E-state index is 0.110. The van der Waals surface area contributed by atoms with E-state index in [1.807, 2.05) is 54.6 Å². The van der Waals surface area contributed by atoms with E-state index in [-0.39, 0.29) is 17.6 Å². The average molecular weight is 502 g/mol. The molecule has 182 valence electrons. The van der Waals surface area contributed by atoms with Crippen molar-refractivity contribution >= 4 is 47.1 Å². The van der Waals surface area contributed by atoms with Crippen molar-refractivity contribution in [3.05, 3.63) is 84.4 Å². The number of para-hydroxylation sites is 1. The fraction of sp³-hybridized carbons (Fsp3) is 0.0800. The van der Waals surface area contributed by atoms with Crippen molar-refractivity contribution in [3.8, 4) is 11.5 Å². The lowest BCUT2D eigenvalue weighted by atomic mass is 10.2. The number of thioether (sulfide) groups is 1. The quantitative estimate of drug-likeness (QED) is 0.140. The molecule has 0 fully saturated rings. The Hall–Kier alpha value is -4.64. The molecule has 11 heteroatoms. The van der Waals surface area contributed by atoms with Gasteiger partial charge in [0.15, 0.2) is 0 Å². The normalized spacial score (nSPS) is 10.7. The molecule has 0 aliphatic carbocycles. The lowest BCUT2D eigenvalue weighted by Gasteiger charge is -2.07. The van der Waals surface area contributed by atoms with Gasteiger partial charge in [-0.2, -0.15) is 10.1 Å². The van der Waals surface area contributed by atoms with Crippen LogP contribution in [0.1, 0.15) is 12.5 Å². The molecule has 4 aromatic rings. The van der Waals surface area contributed by atoms with E-state index in [1.165, 1.54) is 18.7 Å². The van der Waals surface area contributed by atoms with Crippen LogP contribution in [0, 0.1) is 0 Å². The molecule has 2 amide bonds. The number of nitrogens with zero attached hydrogens (tertiary/aromatic N) is 3. The highest BCUT2D eigenvalue weighted by molar-refractivity contribution is 7.99. The third-order valence-corrected chi connectivity index (χ3v) is 5.33. The van der Waals surface area contributed by atoms with E-state index in [0.717, 1.165) is 11.3 Å². The van der Waals surface area contributed by atoms with Gasteiger partial charge >= 0.3 is 0 Å². The number of nitrogens with one attached hydrogen (secondary N) is 4. The highest BCUT2D eigenvalue weighted by Gasteiger charge is 2.08. The van der Waals surface area contributed by atoms with Gasteiger partial charge < -0.3 is 15.4 Å². The van der Waals surface area contributed by atoms with Crippen molar-refractivity contribution in [2.24, 2.45) is 5.10 Å². The first-order valence-corrected chi connectivity index (χ1v) is 11.9. The molecular formula is C25H23N7O3S. The fourth-order valence-corrected chi connectivity index (χ4v) is 3.62. The van der Waals surface area contributed by atoms with Crippen LogP contribution < -0.4 is 20.8 Å². The summed E-state index contributed by atoms with van der Waals surface area (Å²) in [7, 11) is 0. The molecule has 36 heavy (non-hydrogen) atoms. The SMILES string of the molecule is CC(=O)Nc1cccc(NC(=O)CSc2n[nH]c(N/N=C\c3cccc(Oc4ccccc4)c3)n2)c1. The molecule has 4 N–H and O–H groups in total. The van der Waals surface area contributed by atoms with Gasteiger partial charge in [-0.05, 0) is 48.0 Å². The summed E-state index contributed by atoms with van der Waals surface area (Å²) in [5.74, 6) is 1.49. The Labute approximate surface area is 211 Å². The molecule has 0 bridgehead atoms. The number of carbonyl (C=O) groups excluding carboxylic acids is 2. The van der Waals surface area contributed by atoms with Crippen LogP contribution in [0.2, 0.25) is 0 Å². The molecule has 0 saturated carbocycles. The van der Waals surface area contributed by atoms with Gasteiger partial charge in [-0.1, -0.05) is 48.2 Å². The molecule has 0 spiro atoms. The van der Waals surface area contributed by atoms with Crippen LogP contribution in [0.3, 0.4) is 0 Å². The van der Waals surface area contributed by atoms with E-state index in [9.17, 15) is 9.59 Å². The van der Waals surface area contributed by atoms with Gasteiger partial charge in [0.2, 0.25) is 22.9 Å². The number of aromatic nitrogens is 3. The molecule has 0 radical (unpaired) electrons. The number of H-pyrrole nitrogens is 1. The molecule has 0 aliphatic rings. The molecule has 0 aliphatic heterocycles. The average Bonchev–Trinajstić information content (AvgIpc) is 3.31. The first-order chi connectivity index (χ1) is 17.5. The van der Waals surface area contributed by atoms with Crippen LogP contribution in [-0.4, -0.2) is 39.0 Å².